The SMILES string of the molecule is COc1cc2occ(-c3cccc(Br)c3)c2cc1/C(C)=C/C(=O)Nc1ccc(C)cn1. The quantitative estimate of drug-likeness (QED) is 0.328. The normalized spacial score (nSPS) is 11.5. The summed E-state index contributed by atoms with van der Waals surface area (Å²) in [5.41, 5.74) is 5.35. The van der Waals surface area contributed by atoms with Crippen molar-refractivity contribution in [3.8, 4) is 16.9 Å². The van der Waals surface area contributed by atoms with Crippen molar-refractivity contribution >= 4 is 44.2 Å². The lowest BCUT2D eigenvalue weighted by molar-refractivity contribution is -0.111. The molecule has 1 amide bonds. The summed E-state index contributed by atoms with van der Waals surface area (Å²) < 4.78 is 12.3. The van der Waals surface area contributed by atoms with Crippen LogP contribution < -0.4 is 10.1 Å². The maximum atomic E-state index is 12.5. The predicted octanol–water partition coefficient (Wildman–Crippen LogP) is 6.62. The van der Waals surface area contributed by atoms with E-state index in [4.69, 9.17) is 9.15 Å². The molecule has 2 aromatic heterocycles. The van der Waals surface area contributed by atoms with Crippen LogP contribution >= 0.6 is 15.9 Å². The smallest absolute Gasteiger partial charge is 0.249 e. The maximum absolute atomic E-state index is 12.5. The molecule has 0 unspecified atom stereocenters. The highest BCUT2D eigenvalue weighted by Crippen LogP contribution is 2.37. The lowest BCUT2D eigenvalue weighted by Gasteiger charge is -2.10. The summed E-state index contributed by atoms with van der Waals surface area (Å²) in [6.45, 7) is 3.83. The Morgan fingerprint density at radius 1 is 1.19 bits per heavy atom. The van der Waals surface area contributed by atoms with Gasteiger partial charge in [0.05, 0.1) is 13.4 Å². The number of ether oxygens (including phenoxy) is 1. The summed E-state index contributed by atoms with van der Waals surface area (Å²) in [7, 11) is 1.60. The van der Waals surface area contributed by atoms with Crippen molar-refractivity contribution in [1.82, 2.24) is 4.98 Å². The third kappa shape index (κ3) is 4.54. The minimum Gasteiger partial charge on any atom is -0.496 e. The van der Waals surface area contributed by atoms with Gasteiger partial charge in [-0.2, -0.15) is 0 Å². The average molecular weight is 477 g/mol. The number of methoxy groups -OCH3 is 1. The second-order valence-corrected chi connectivity index (χ2v) is 8.16. The molecule has 0 spiro atoms. The topological polar surface area (TPSA) is 64.4 Å². The average Bonchev–Trinajstić information content (AvgIpc) is 3.17. The van der Waals surface area contributed by atoms with Crippen LogP contribution in [0.3, 0.4) is 0 Å². The van der Waals surface area contributed by atoms with Crippen LogP contribution in [0.5, 0.6) is 5.75 Å². The number of hydrogen-bond acceptors (Lipinski definition) is 4. The largest absolute Gasteiger partial charge is 0.496 e. The van der Waals surface area contributed by atoms with Crippen molar-refractivity contribution in [2.45, 2.75) is 13.8 Å². The number of fused-ring (bicyclic) bond motifs is 1. The molecule has 0 saturated carbocycles. The van der Waals surface area contributed by atoms with E-state index < -0.39 is 0 Å². The number of benzene rings is 2. The standard InChI is InChI=1S/C25H21BrN2O3/c1-15-7-8-24(27-13-15)28-25(29)9-16(2)19-11-20-21(17-5-4-6-18(26)10-17)14-31-23(20)12-22(19)30-3/h4-14H,1-3H3,(H,27,28,29)/b16-9+. The second kappa shape index (κ2) is 8.78. The number of allylic oxidation sites excluding steroid dienone is 1. The minimum absolute atomic E-state index is 0.254. The molecule has 0 aliphatic carbocycles. The van der Waals surface area contributed by atoms with E-state index in [-0.39, 0.29) is 5.91 Å². The molecular formula is C25H21BrN2O3. The van der Waals surface area contributed by atoms with Crippen molar-refractivity contribution < 1.29 is 13.9 Å². The summed E-state index contributed by atoms with van der Waals surface area (Å²) in [4.78, 5) is 16.7. The fourth-order valence-corrected chi connectivity index (χ4v) is 3.79. The van der Waals surface area contributed by atoms with E-state index in [1.165, 1.54) is 0 Å². The number of carbonyl (C=O) groups excluding carboxylic acids is 1. The van der Waals surface area contributed by atoms with Gasteiger partial charge in [-0.3, -0.25) is 4.79 Å². The molecule has 1 N–H and O–H groups in total. The Bertz CT molecular complexity index is 1290. The Hall–Kier alpha value is -3.38. The number of carbonyl (C=O) groups is 1. The number of hydrogen-bond donors (Lipinski definition) is 1. The fraction of sp³-hybridized carbons (Fsp3) is 0.120. The number of pyridine rings is 1. The Morgan fingerprint density at radius 2 is 2.03 bits per heavy atom. The molecule has 156 valence electrons. The number of anilines is 1. The van der Waals surface area contributed by atoms with Crippen LogP contribution in [0, 0.1) is 6.92 Å². The van der Waals surface area contributed by atoms with Crippen LogP contribution in [-0.2, 0) is 4.79 Å². The third-order valence-corrected chi connectivity index (χ3v) is 5.46. The number of furan rings is 1. The molecule has 0 atom stereocenters. The van der Waals surface area contributed by atoms with E-state index in [0.717, 1.165) is 43.3 Å². The van der Waals surface area contributed by atoms with Crippen molar-refractivity contribution in [2.24, 2.45) is 0 Å². The molecule has 5 nitrogen and oxygen atoms in total. The molecule has 31 heavy (non-hydrogen) atoms. The van der Waals surface area contributed by atoms with E-state index in [1.807, 2.05) is 56.3 Å². The first kappa shape index (κ1) is 20.9. The van der Waals surface area contributed by atoms with Crippen LogP contribution in [-0.4, -0.2) is 18.0 Å². The number of aryl methyl sites for hydroxylation is 1. The zero-order valence-electron chi connectivity index (χ0n) is 17.4. The van der Waals surface area contributed by atoms with Crippen LogP contribution in [0.15, 0.2) is 76.0 Å². The molecule has 0 aliphatic heterocycles. The van der Waals surface area contributed by atoms with Crippen molar-refractivity contribution in [3.63, 3.8) is 0 Å². The molecule has 0 saturated heterocycles. The summed E-state index contributed by atoms with van der Waals surface area (Å²) in [6.07, 6.45) is 5.00. The fourth-order valence-electron chi connectivity index (χ4n) is 3.39. The molecule has 0 radical (unpaired) electrons. The summed E-state index contributed by atoms with van der Waals surface area (Å²) in [6, 6.07) is 15.6. The maximum Gasteiger partial charge on any atom is 0.249 e. The highest BCUT2D eigenvalue weighted by atomic mass is 79.9. The first-order chi connectivity index (χ1) is 14.9. The molecule has 0 fully saturated rings. The number of nitrogens with zero attached hydrogens (tertiary/aromatic N) is 1. The van der Waals surface area contributed by atoms with Gasteiger partial charge in [-0.25, -0.2) is 4.98 Å². The molecule has 2 aromatic carbocycles. The van der Waals surface area contributed by atoms with Gasteiger partial charge in [-0.05, 0) is 54.8 Å². The van der Waals surface area contributed by atoms with Crippen LogP contribution in [0.4, 0.5) is 5.82 Å². The molecule has 0 bridgehead atoms. The Labute approximate surface area is 188 Å². The second-order valence-electron chi connectivity index (χ2n) is 7.25. The van der Waals surface area contributed by atoms with Gasteiger partial charge in [0, 0.05) is 39.3 Å². The zero-order chi connectivity index (χ0) is 22.0. The van der Waals surface area contributed by atoms with Gasteiger partial charge in [0.1, 0.15) is 17.2 Å². The van der Waals surface area contributed by atoms with Crippen molar-refractivity contribution in [1.29, 1.82) is 0 Å². The van der Waals surface area contributed by atoms with E-state index in [0.29, 0.717) is 11.6 Å². The van der Waals surface area contributed by atoms with Gasteiger partial charge in [0.15, 0.2) is 0 Å². The molecule has 6 heteroatoms. The van der Waals surface area contributed by atoms with Crippen molar-refractivity contribution in [2.75, 3.05) is 12.4 Å². The summed E-state index contributed by atoms with van der Waals surface area (Å²) in [5.74, 6) is 0.891. The Morgan fingerprint density at radius 3 is 2.74 bits per heavy atom. The molecule has 0 aliphatic rings. The van der Waals surface area contributed by atoms with Crippen LogP contribution in [0.2, 0.25) is 0 Å². The zero-order valence-corrected chi connectivity index (χ0v) is 19.0. The van der Waals surface area contributed by atoms with Crippen molar-refractivity contribution in [3.05, 3.63) is 82.7 Å². The number of halogens is 1. The highest BCUT2D eigenvalue weighted by molar-refractivity contribution is 9.10. The van der Waals surface area contributed by atoms with Gasteiger partial charge in [-0.15, -0.1) is 0 Å². The van der Waals surface area contributed by atoms with Gasteiger partial charge in [-0.1, -0.05) is 34.1 Å². The minimum atomic E-state index is -0.254. The molecule has 2 heterocycles. The lowest BCUT2D eigenvalue weighted by atomic mass is 9.99. The number of amides is 1. The first-order valence-electron chi connectivity index (χ1n) is 9.72. The van der Waals surface area contributed by atoms with Gasteiger partial charge >= 0.3 is 0 Å². The van der Waals surface area contributed by atoms with E-state index in [2.05, 4.69) is 26.2 Å². The van der Waals surface area contributed by atoms with E-state index in [9.17, 15) is 4.79 Å². The number of aromatic nitrogens is 1. The molecule has 4 aromatic rings. The third-order valence-electron chi connectivity index (χ3n) is 4.97. The van der Waals surface area contributed by atoms with Crippen LogP contribution in [0.1, 0.15) is 18.1 Å². The Kier molecular flexibility index (Phi) is 5.91. The van der Waals surface area contributed by atoms with Gasteiger partial charge in [0.2, 0.25) is 5.91 Å². The van der Waals surface area contributed by atoms with Gasteiger partial charge in [0.25, 0.3) is 0 Å². The number of rotatable bonds is 5. The molecule has 4 rings (SSSR count). The van der Waals surface area contributed by atoms with Crippen LogP contribution in [0.25, 0.3) is 27.7 Å². The van der Waals surface area contributed by atoms with Gasteiger partial charge < -0.3 is 14.5 Å². The summed E-state index contributed by atoms with van der Waals surface area (Å²) in [5, 5.41) is 3.74. The Balaban J connectivity index is 1.71. The lowest BCUT2D eigenvalue weighted by Crippen LogP contribution is -2.10. The summed E-state index contributed by atoms with van der Waals surface area (Å²) >= 11 is 3.52. The highest BCUT2D eigenvalue weighted by Gasteiger charge is 2.15. The first-order valence-corrected chi connectivity index (χ1v) is 10.5. The van der Waals surface area contributed by atoms with E-state index >= 15 is 0 Å². The number of nitrogens with one attached hydrogen (secondary N) is 1. The van der Waals surface area contributed by atoms with E-state index in [1.54, 1.807) is 31.7 Å². The monoisotopic (exact) mass is 476 g/mol. The predicted molar refractivity (Wildman–Crippen MR) is 127 cm³/mol. The molecular weight excluding hydrogens is 456 g/mol.